The molecule has 6 heteroatoms. The van der Waals surface area contributed by atoms with E-state index in [-0.39, 0.29) is 17.1 Å². The predicted molar refractivity (Wildman–Crippen MR) is 112 cm³/mol. The highest BCUT2D eigenvalue weighted by atomic mass is 79.9. The van der Waals surface area contributed by atoms with Gasteiger partial charge in [-0.2, -0.15) is 0 Å². The lowest BCUT2D eigenvalue weighted by atomic mass is 10.0. The van der Waals surface area contributed by atoms with Gasteiger partial charge >= 0.3 is 5.97 Å². The number of ether oxygens (including phenoxy) is 2. The van der Waals surface area contributed by atoms with Crippen LogP contribution >= 0.6 is 15.9 Å². The molecule has 0 saturated heterocycles. The lowest BCUT2D eigenvalue weighted by Crippen LogP contribution is -2.24. The molecule has 1 amide bonds. The molecule has 0 radical (unpaired) electrons. The van der Waals surface area contributed by atoms with E-state index in [4.69, 9.17) is 9.47 Å². The highest BCUT2D eigenvalue weighted by molar-refractivity contribution is 9.10. The van der Waals surface area contributed by atoms with Crippen LogP contribution < -0.4 is 9.64 Å². The zero-order chi connectivity index (χ0) is 20.4. The molecule has 0 unspecified atom stereocenters. The number of hydrogen-bond donors (Lipinski definition) is 0. The van der Waals surface area contributed by atoms with Crippen molar-refractivity contribution in [1.29, 1.82) is 0 Å². The normalized spacial score (nSPS) is 15.4. The molecule has 0 aliphatic carbocycles. The van der Waals surface area contributed by atoms with Crippen LogP contribution in [0.4, 0.5) is 5.69 Å². The van der Waals surface area contributed by atoms with Crippen molar-refractivity contribution < 1.29 is 19.1 Å². The zero-order valence-corrected chi connectivity index (χ0v) is 17.7. The number of aryl methyl sites for hydroxylation is 1. The SMILES string of the molecule is COC(=O)C1=C(C)N(c2cccc(C)c2)C(=O)/C1=C\c1cc(Br)ccc1OC. The molecule has 0 aromatic heterocycles. The fourth-order valence-electron chi connectivity index (χ4n) is 3.23. The van der Waals surface area contributed by atoms with Gasteiger partial charge in [-0.25, -0.2) is 4.79 Å². The summed E-state index contributed by atoms with van der Waals surface area (Å²) in [6.07, 6.45) is 1.66. The van der Waals surface area contributed by atoms with Gasteiger partial charge in [-0.3, -0.25) is 9.69 Å². The Bertz CT molecular complexity index is 1020. The van der Waals surface area contributed by atoms with E-state index in [1.54, 1.807) is 26.2 Å². The van der Waals surface area contributed by atoms with Gasteiger partial charge in [0.2, 0.25) is 0 Å². The summed E-state index contributed by atoms with van der Waals surface area (Å²) < 4.78 is 11.2. The molecule has 0 fully saturated rings. The van der Waals surface area contributed by atoms with E-state index in [0.29, 0.717) is 22.7 Å². The van der Waals surface area contributed by atoms with Gasteiger partial charge in [-0.05, 0) is 55.8 Å². The third-order valence-corrected chi connectivity index (χ3v) is 5.03. The number of esters is 1. The molecule has 0 saturated carbocycles. The quantitative estimate of drug-likeness (QED) is 0.511. The van der Waals surface area contributed by atoms with Gasteiger partial charge in [-0.1, -0.05) is 28.1 Å². The molecule has 28 heavy (non-hydrogen) atoms. The Hall–Kier alpha value is -2.86. The second kappa shape index (κ2) is 8.02. The molecule has 2 aromatic carbocycles. The highest BCUT2D eigenvalue weighted by Gasteiger charge is 2.38. The van der Waals surface area contributed by atoms with Crippen molar-refractivity contribution in [1.82, 2.24) is 0 Å². The maximum Gasteiger partial charge on any atom is 0.340 e. The Morgan fingerprint density at radius 3 is 2.50 bits per heavy atom. The van der Waals surface area contributed by atoms with Crippen LogP contribution in [0.25, 0.3) is 6.08 Å². The molecule has 0 atom stereocenters. The molecule has 2 aromatic rings. The minimum Gasteiger partial charge on any atom is -0.496 e. The molecule has 1 aliphatic rings. The van der Waals surface area contributed by atoms with E-state index >= 15 is 0 Å². The van der Waals surface area contributed by atoms with Crippen LogP contribution in [0.3, 0.4) is 0 Å². The second-order valence-corrected chi connectivity index (χ2v) is 7.29. The van der Waals surface area contributed by atoms with Gasteiger partial charge in [0, 0.05) is 21.4 Å². The van der Waals surface area contributed by atoms with Crippen molar-refractivity contribution in [2.75, 3.05) is 19.1 Å². The van der Waals surface area contributed by atoms with Crippen molar-refractivity contribution in [2.24, 2.45) is 0 Å². The Kier molecular flexibility index (Phi) is 5.70. The van der Waals surface area contributed by atoms with E-state index in [0.717, 1.165) is 10.0 Å². The Balaban J connectivity index is 2.19. The first-order chi connectivity index (χ1) is 13.4. The van der Waals surface area contributed by atoms with Gasteiger partial charge in [-0.15, -0.1) is 0 Å². The smallest absolute Gasteiger partial charge is 0.340 e. The first-order valence-corrected chi connectivity index (χ1v) is 9.42. The van der Waals surface area contributed by atoms with Crippen molar-refractivity contribution >= 4 is 39.6 Å². The number of halogens is 1. The first kappa shape index (κ1) is 19.9. The molecule has 0 N–H and O–H groups in total. The fraction of sp³-hybridized carbons (Fsp3) is 0.182. The summed E-state index contributed by atoms with van der Waals surface area (Å²) in [5.74, 6) is -0.244. The topological polar surface area (TPSA) is 55.8 Å². The minimum atomic E-state index is -0.554. The molecular formula is C22H20BrNO4. The summed E-state index contributed by atoms with van der Waals surface area (Å²) in [6.45, 7) is 3.69. The van der Waals surface area contributed by atoms with Crippen molar-refractivity contribution in [3.63, 3.8) is 0 Å². The van der Waals surface area contributed by atoms with Crippen LogP contribution in [-0.2, 0) is 14.3 Å². The number of methoxy groups -OCH3 is 2. The number of benzene rings is 2. The van der Waals surface area contributed by atoms with E-state index in [1.807, 2.05) is 43.3 Å². The van der Waals surface area contributed by atoms with Crippen LogP contribution in [-0.4, -0.2) is 26.1 Å². The summed E-state index contributed by atoms with van der Waals surface area (Å²) in [5.41, 5.74) is 3.44. The van der Waals surface area contributed by atoms with E-state index in [9.17, 15) is 9.59 Å². The van der Waals surface area contributed by atoms with E-state index < -0.39 is 5.97 Å². The minimum absolute atomic E-state index is 0.246. The number of amides is 1. The third kappa shape index (κ3) is 3.60. The molecule has 1 aliphatic heterocycles. The van der Waals surface area contributed by atoms with Gasteiger partial charge in [0.05, 0.1) is 25.4 Å². The number of anilines is 1. The van der Waals surface area contributed by atoms with E-state index in [2.05, 4.69) is 15.9 Å². The highest BCUT2D eigenvalue weighted by Crippen LogP contribution is 2.37. The average molecular weight is 442 g/mol. The van der Waals surface area contributed by atoms with Crippen molar-refractivity contribution in [3.05, 3.63) is 74.9 Å². The second-order valence-electron chi connectivity index (χ2n) is 6.38. The maximum absolute atomic E-state index is 13.3. The number of rotatable bonds is 4. The molecule has 0 bridgehead atoms. The number of carbonyl (C=O) groups excluding carboxylic acids is 2. The summed E-state index contributed by atoms with van der Waals surface area (Å²) in [6, 6.07) is 13.0. The van der Waals surface area contributed by atoms with E-state index in [1.165, 1.54) is 12.0 Å². The molecular weight excluding hydrogens is 422 g/mol. The summed E-state index contributed by atoms with van der Waals surface area (Å²) in [4.78, 5) is 27.3. The van der Waals surface area contributed by atoms with Gasteiger partial charge in [0.25, 0.3) is 5.91 Å². The predicted octanol–water partition coefficient (Wildman–Crippen LogP) is 4.64. The Morgan fingerprint density at radius 1 is 1.11 bits per heavy atom. The summed E-state index contributed by atoms with van der Waals surface area (Å²) in [5, 5.41) is 0. The van der Waals surface area contributed by atoms with Gasteiger partial charge in [0.1, 0.15) is 5.75 Å². The largest absolute Gasteiger partial charge is 0.496 e. The van der Waals surface area contributed by atoms with Crippen molar-refractivity contribution in [2.45, 2.75) is 13.8 Å². The van der Waals surface area contributed by atoms with Crippen molar-refractivity contribution in [3.8, 4) is 5.75 Å². The number of hydrogen-bond acceptors (Lipinski definition) is 4. The fourth-order valence-corrected chi connectivity index (χ4v) is 3.61. The maximum atomic E-state index is 13.3. The van der Waals surface area contributed by atoms with Crippen LogP contribution in [0.5, 0.6) is 5.75 Å². The molecule has 144 valence electrons. The number of nitrogens with zero attached hydrogens (tertiary/aromatic N) is 1. The van der Waals surface area contributed by atoms with Crippen LogP contribution in [0.2, 0.25) is 0 Å². The third-order valence-electron chi connectivity index (χ3n) is 4.54. The molecule has 3 rings (SSSR count). The molecule has 1 heterocycles. The van der Waals surface area contributed by atoms with Gasteiger partial charge in [0.15, 0.2) is 0 Å². The first-order valence-electron chi connectivity index (χ1n) is 8.63. The zero-order valence-electron chi connectivity index (χ0n) is 16.1. The Labute approximate surface area is 172 Å². The summed E-state index contributed by atoms with van der Waals surface area (Å²) in [7, 11) is 2.86. The Morgan fingerprint density at radius 2 is 1.86 bits per heavy atom. The number of carbonyl (C=O) groups is 2. The van der Waals surface area contributed by atoms with Gasteiger partial charge < -0.3 is 9.47 Å². The molecule has 0 spiro atoms. The lowest BCUT2D eigenvalue weighted by Gasteiger charge is -2.18. The lowest BCUT2D eigenvalue weighted by molar-refractivity contribution is -0.136. The number of allylic oxidation sites excluding steroid dienone is 1. The standard InChI is InChI=1S/C22H20BrNO4/c1-13-6-5-7-17(10-13)24-14(2)20(22(26)28-4)18(21(24)25)12-15-11-16(23)8-9-19(15)27-3/h5-12H,1-4H3/b18-12-. The van der Waals surface area contributed by atoms with Crippen LogP contribution in [0.1, 0.15) is 18.1 Å². The van der Waals surface area contributed by atoms with Crippen LogP contribution in [0.15, 0.2) is 63.8 Å². The average Bonchev–Trinajstić information content (AvgIpc) is 2.91. The monoisotopic (exact) mass is 441 g/mol. The molecule has 5 nitrogen and oxygen atoms in total. The van der Waals surface area contributed by atoms with Crippen LogP contribution in [0, 0.1) is 6.92 Å². The summed E-state index contributed by atoms with van der Waals surface area (Å²) >= 11 is 3.43.